The maximum Gasteiger partial charge on any atom is 0.338 e. The van der Waals surface area contributed by atoms with Crippen LogP contribution in [-0.4, -0.2) is 48.2 Å². The standard InChI is InChI=1S/C33H34ClF2N3O5/c1-32(2,3)44-31(43)22-9-13-25(14-10-22)37-29(41)23(17-21-7-5-4-6-8-21)11-16-28(40)30(42)38-26-18-24(34)12-15-27(26)39-19-33(35,36)20-39/h4-10,12-15,18,23H,11,16-17,19-20H2,1-3H3,(H,37,41)(H,38,42)/t23-/m0/s1. The summed E-state index contributed by atoms with van der Waals surface area (Å²) in [5.74, 6) is -6.03. The van der Waals surface area contributed by atoms with Gasteiger partial charge in [-0.3, -0.25) is 14.4 Å². The summed E-state index contributed by atoms with van der Waals surface area (Å²) in [5, 5.41) is 5.60. The summed E-state index contributed by atoms with van der Waals surface area (Å²) < 4.78 is 32.3. The smallest absolute Gasteiger partial charge is 0.338 e. The second kappa shape index (κ2) is 13.5. The molecule has 1 heterocycles. The van der Waals surface area contributed by atoms with E-state index >= 15 is 0 Å². The minimum atomic E-state index is -2.83. The summed E-state index contributed by atoms with van der Waals surface area (Å²) >= 11 is 6.06. The first kappa shape index (κ1) is 32.6. The Balaban J connectivity index is 1.41. The number of Topliss-reactive ketones (excluding diaryl/α,β-unsaturated/α-hetero) is 1. The predicted molar refractivity (Wildman–Crippen MR) is 165 cm³/mol. The zero-order valence-corrected chi connectivity index (χ0v) is 25.4. The molecule has 0 spiro atoms. The van der Waals surface area contributed by atoms with Crippen LogP contribution in [0.15, 0.2) is 72.8 Å². The zero-order valence-electron chi connectivity index (χ0n) is 24.7. The van der Waals surface area contributed by atoms with E-state index in [0.717, 1.165) is 5.56 Å². The molecule has 0 aromatic heterocycles. The number of amides is 2. The van der Waals surface area contributed by atoms with Gasteiger partial charge in [-0.1, -0.05) is 41.9 Å². The van der Waals surface area contributed by atoms with E-state index in [1.165, 1.54) is 23.1 Å². The Morgan fingerprint density at radius 1 is 0.955 bits per heavy atom. The molecule has 0 bridgehead atoms. The van der Waals surface area contributed by atoms with Crippen LogP contribution in [0.2, 0.25) is 5.02 Å². The lowest BCUT2D eigenvalue weighted by atomic mass is 9.92. The third kappa shape index (κ3) is 9.09. The molecule has 0 radical (unpaired) electrons. The van der Waals surface area contributed by atoms with Crippen molar-refractivity contribution in [3.63, 3.8) is 0 Å². The highest BCUT2D eigenvalue weighted by Crippen LogP contribution is 2.37. The molecular weight excluding hydrogens is 592 g/mol. The summed E-state index contributed by atoms with van der Waals surface area (Å²) in [4.78, 5) is 52.8. The Bertz CT molecular complexity index is 1520. The van der Waals surface area contributed by atoms with E-state index in [9.17, 15) is 28.0 Å². The van der Waals surface area contributed by atoms with E-state index in [0.29, 0.717) is 23.4 Å². The van der Waals surface area contributed by atoms with E-state index in [1.807, 2.05) is 30.3 Å². The normalized spacial score (nSPS) is 14.6. The molecule has 1 saturated heterocycles. The van der Waals surface area contributed by atoms with E-state index in [1.54, 1.807) is 45.0 Å². The van der Waals surface area contributed by atoms with Crippen LogP contribution in [0, 0.1) is 5.92 Å². The van der Waals surface area contributed by atoms with Crippen molar-refractivity contribution in [1.29, 1.82) is 0 Å². The largest absolute Gasteiger partial charge is 0.456 e. The Kier molecular flexibility index (Phi) is 10.0. The quantitative estimate of drug-likeness (QED) is 0.185. The Morgan fingerprint density at radius 3 is 2.23 bits per heavy atom. The van der Waals surface area contributed by atoms with Crippen LogP contribution in [-0.2, 0) is 25.5 Å². The van der Waals surface area contributed by atoms with E-state index in [2.05, 4.69) is 10.6 Å². The molecular formula is C33H34ClF2N3O5. The molecule has 2 amide bonds. The molecule has 1 aliphatic rings. The topological polar surface area (TPSA) is 105 Å². The second-order valence-electron chi connectivity index (χ2n) is 11.7. The molecule has 232 valence electrons. The molecule has 11 heteroatoms. The SMILES string of the molecule is CC(C)(C)OC(=O)c1ccc(NC(=O)[C@@H](CCC(=O)C(=O)Nc2cc(Cl)ccc2N2CC(F)(F)C2)Cc2ccccc2)cc1. The summed E-state index contributed by atoms with van der Waals surface area (Å²) in [6, 6.07) is 20.0. The fourth-order valence-corrected chi connectivity index (χ4v) is 4.85. The number of hydrogen-bond acceptors (Lipinski definition) is 6. The minimum absolute atomic E-state index is 0.0731. The number of esters is 1. The van der Waals surface area contributed by atoms with Crippen molar-refractivity contribution in [2.45, 2.75) is 51.6 Å². The fourth-order valence-electron chi connectivity index (χ4n) is 4.67. The number of ether oxygens (including phenoxy) is 1. The maximum atomic E-state index is 13.5. The molecule has 3 aromatic rings. The van der Waals surface area contributed by atoms with Gasteiger partial charge in [0.25, 0.3) is 11.8 Å². The van der Waals surface area contributed by atoms with Crippen LogP contribution >= 0.6 is 11.6 Å². The average Bonchev–Trinajstić information content (AvgIpc) is 2.94. The summed E-state index contributed by atoms with van der Waals surface area (Å²) in [5.41, 5.74) is 1.50. The lowest BCUT2D eigenvalue weighted by Crippen LogP contribution is -2.56. The number of anilines is 3. The third-order valence-electron chi connectivity index (χ3n) is 6.85. The van der Waals surface area contributed by atoms with Crippen LogP contribution in [0.4, 0.5) is 25.8 Å². The second-order valence-corrected chi connectivity index (χ2v) is 12.2. The van der Waals surface area contributed by atoms with E-state index < -0.39 is 48.2 Å². The van der Waals surface area contributed by atoms with Gasteiger partial charge in [-0.25, -0.2) is 13.6 Å². The van der Waals surface area contributed by atoms with Crippen LogP contribution in [0.1, 0.15) is 49.5 Å². The Labute approximate surface area is 259 Å². The zero-order chi connectivity index (χ0) is 32.1. The first-order chi connectivity index (χ1) is 20.7. The highest BCUT2D eigenvalue weighted by Gasteiger charge is 2.44. The highest BCUT2D eigenvalue weighted by molar-refractivity contribution is 6.41. The molecule has 0 saturated carbocycles. The van der Waals surface area contributed by atoms with Gasteiger partial charge in [-0.15, -0.1) is 0 Å². The fraction of sp³-hybridized carbons (Fsp3) is 0.333. The number of alkyl halides is 2. The molecule has 1 aliphatic heterocycles. The summed E-state index contributed by atoms with van der Waals surface area (Å²) in [6.07, 6.45) is 0.162. The van der Waals surface area contributed by atoms with Crippen molar-refractivity contribution in [2.75, 3.05) is 28.6 Å². The van der Waals surface area contributed by atoms with Crippen LogP contribution in [0.5, 0.6) is 0 Å². The highest BCUT2D eigenvalue weighted by atomic mass is 35.5. The Morgan fingerprint density at radius 2 is 1.61 bits per heavy atom. The lowest BCUT2D eigenvalue weighted by Gasteiger charge is -2.41. The predicted octanol–water partition coefficient (Wildman–Crippen LogP) is 6.54. The number of nitrogens with one attached hydrogen (secondary N) is 2. The number of halogens is 3. The van der Waals surface area contributed by atoms with Crippen molar-refractivity contribution in [1.82, 2.24) is 0 Å². The lowest BCUT2D eigenvalue weighted by molar-refractivity contribution is -0.135. The molecule has 1 atom stereocenters. The van der Waals surface area contributed by atoms with Crippen molar-refractivity contribution < 1.29 is 32.7 Å². The van der Waals surface area contributed by atoms with Gasteiger partial charge in [0.1, 0.15) is 5.60 Å². The summed E-state index contributed by atoms with van der Waals surface area (Å²) in [7, 11) is 0. The third-order valence-corrected chi connectivity index (χ3v) is 7.08. The molecule has 4 rings (SSSR count). The first-order valence-electron chi connectivity index (χ1n) is 14.1. The molecule has 1 fully saturated rings. The Hall–Kier alpha value is -4.31. The van der Waals surface area contributed by atoms with Gasteiger partial charge >= 0.3 is 5.97 Å². The van der Waals surface area contributed by atoms with Gasteiger partial charge in [0.2, 0.25) is 11.7 Å². The van der Waals surface area contributed by atoms with Crippen molar-refractivity contribution in [3.05, 3.63) is 88.9 Å². The van der Waals surface area contributed by atoms with Gasteiger partial charge in [0, 0.05) is 23.0 Å². The molecule has 44 heavy (non-hydrogen) atoms. The molecule has 0 unspecified atom stereocenters. The van der Waals surface area contributed by atoms with E-state index in [-0.39, 0.29) is 29.5 Å². The number of nitrogens with zero attached hydrogens (tertiary/aromatic N) is 1. The molecule has 3 aromatic carbocycles. The molecule has 2 N–H and O–H groups in total. The number of benzene rings is 3. The number of carbonyl (C=O) groups is 4. The molecule has 8 nitrogen and oxygen atoms in total. The van der Waals surface area contributed by atoms with Crippen LogP contribution in [0.3, 0.4) is 0 Å². The maximum absolute atomic E-state index is 13.5. The number of hydrogen-bond donors (Lipinski definition) is 2. The van der Waals surface area contributed by atoms with Gasteiger partial charge in [-0.05, 0) is 81.6 Å². The number of ketones is 1. The average molecular weight is 626 g/mol. The van der Waals surface area contributed by atoms with Crippen molar-refractivity contribution in [2.24, 2.45) is 5.92 Å². The van der Waals surface area contributed by atoms with E-state index in [4.69, 9.17) is 16.3 Å². The molecule has 0 aliphatic carbocycles. The van der Waals surface area contributed by atoms with Gasteiger partial charge in [-0.2, -0.15) is 0 Å². The van der Waals surface area contributed by atoms with Crippen molar-refractivity contribution >= 4 is 52.2 Å². The first-order valence-corrected chi connectivity index (χ1v) is 14.5. The van der Waals surface area contributed by atoms with Crippen molar-refractivity contribution in [3.8, 4) is 0 Å². The number of rotatable bonds is 11. The monoisotopic (exact) mass is 625 g/mol. The summed E-state index contributed by atoms with van der Waals surface area (Å²) in [6.45, 7) is 4.29. The van der Waals surface area contributed by atoms with Crippen LogP contribution < -0.4 is 15.5 Å². The minimum Gasteiger partial charge on any atom is -0.456 e. The number of carbonyl (C=O) groups excluding carboxylic acids is 4. The van der Waals surface area contributed by atoms with Gasteiger partial charge in [0.05, 0.1) is 30.0 Å². The van der Waals surface area contributed by atoms with Gasteiger partial charge in [0.15, 0.2) is 0 Å². The van der Waals surface area contributed by atoms with Crippen LogP contribution in [0.25, 0.3) is 0 Å². The van der Waals surface area contributed by atoms with Gasteiger partial charge < -0.3 is 20.3 Å².